The van der Waals surface area contributed by atoms with Gasteiger partial charge in [-0.3, -0.25) is 9.59 Å². The van der Waals surface area contributed by atoms with E-state index in [1.54, 1.807) is 0 Å². The lowest BCUT2D eigenvalue weighted by Crippen LogP contribution is -2.26. The van der Waals surface area contributed by atoms with E-state index >= 15 is 0 Å². The predicted octanol–water partition coefficient (Wildman–Crippen LogP) is 12.4. The van der Waals surface area contributed by atoms with Gasteiger partial charge in [0.25, 0.3) is 0 Å². The Hall–Kier alpha value is -2.18. The van der Waals surface area contributed by atoms with Crippen LogP contribution in [-0.4, -0.2) is 63.4 Å². The molecule has 0 spiro atoms. The summed E-state index contributed by atoms with van der Waals surface area (Å²) in [5, 5.41) is 0. The number of carbonyl (C=O) groups is 2. The number of hydrogen-bond acceptors (Lipinski definition) is 6. The summed E-state index contributed by atoms with van der Waals surface area (Å²) < 4.78 is 17.0. The van der Waals surface area contributed by atoms with Crippen molar-refractivity contribution < 1.29 is 23.8 Å². The Morgan fingerprint density at radius 2 is 1.00 bits per heavy atom. The van der Waals surface area contributed by atoms with Crippen LogP contribution in [0.25, 0.3) is 0 Å². The van der Waals surface area contributed by atoms with E-state index < -0.39 is 0 Å². The van der Waals surface area contributed by atoms with Gasteiger partial charge in [0.15, 0.2) is 0 Å². The zero-order valence-corrected chi connectivity index (χ0v) is 33.9. The Morgan fingerprint density at radius 3 is 1.51 bits per heavy atom. The van der Waals surface area contributed by atoms with Gasteiger partial charge in [-0.15, -0.1) is 0 Å². The third kappa shape index (κ3) is 40.4. The van der Waals surface area contributed by atoms with E-state index in [-0.39, 0.29) is 24.6 Å². The highest BCUT2D eigenvalue weighted by atomic mass is 16.6. The lowest BCUT2D eigenvalue weighted by atomic mass is 10.1. The van der Waals surface area contributed by atoms with Gasteiger partial charge in [0.2, 0.25) is 0 Å². The molecule has 0 aromatic heterocycles. The number of esters is 2. The molecule has 0 aliphatic carbocycles. The van der Waals surface area contributed by atoms with Crippen molar-refractivity contribution in [1.82, 2.24) is 4.90 Å². The number of nitrogens with zero attached hydrogens (tertiary/aromatic N) is 1. The van der Waals surface area contributed by atoms with Crippen molar-refractivity contribution in [3.8, 4) is 0 Å². The summed E-state index contributed by atoms with van der Waals surface area (Å²) in [6.45, 7) is 6.07. The minimum absolute atomic E-state index is 0.155. The van der Waals surface area contributed by atoms with Gasteiger partial charge < -0.3 is 19.1 Å². The Labute approximate surface area is 315 Å². The quantitative estimate of drug-likeness (QED) is 0.0360. The Morgan fingerprint density at radius 1 is 0.529 bits per heavy atom. The fourth-order valence-corrected chi connectivity index (χ4v) is 5.68. The molecule has 0 fully saturated rings. The number of carbonyl (C=O) groups excluding carboxylic acids is 2. The third-order valence-electron chi connectivity index (χ3n) is 8.91. The molecule has 0 saturated carbocycles. The van der Waals surface area contributed by atoms with Crippen LogP contribution >= 0.6 is 0 Å². The summed E-state index contributed by atoms with van der Waals surface area (Å²) >= 11 is 0. The molecule has 0 aliphatic heterocycles. The predicted molar refractivity (Wildman–Crippen MR) is 218 cm³/mol. The topological polar surface area (TPSA) is 65.1 Å². The molecular weight excluding hydrogens is 634 g/mol. The lowest BCUT2D eigenvalue weighted by Gasteiger charge is -2.19. The van der Waals surface area contributed by atoms with Crippen LogP contribution in [0.2, 0.25) is 0 Å². The van der Waals surface area contributed by atoms with E-state index in [1.807, 2.05) is 19.0 Å². The molecule has 0 saturated heterocycles. The maximum atomic E-state index is 12.4. The molecule has 0 heterocycles. The Kier molecular flexibility index (Phi) is 38.9. The second-order valence-corrected chi connectivity index (χ2v) is 14.3. The van der Waals surface area contributed by atoms with E-state index in [4.69, 9.17) is 14.2 Å². The minimum atomic E-state index is -0.256. The molecule has 51 heavy (non-hydrogen) atoms. The highest BCUT2D eigenvalue weighted by Crippen LogP contribution is 2.14. The van der Waals surface area contributed by atoms with Gasteiger partial charge in [0, 0.05) is 13.0 Å². The van der Waals surface area contributed by atoms with E-state index in [9.17, 15) is 9.59 Å². The number of allylic oxidation sites excluding steroid dienone is 8. The standard InChI is InChI=1S/C45H81NO5/c1-5-7-9-11-13-15-17-19-21-23-24-26-28-30-32-34-36-43(51-45(48)38-39-46(3)4)42-49-40-41-50-44(47)37-35-33-31-29-27-25-22-20-18-16-14-12-10-8-6-2/h13-16,19-22,43H,5-12,17-18,23-42H2,1-4H3/b15-13-,16-14?,21-19-,22-20-. The van der Waals surface area contributed by atoms with Crippen LogP contribution in [0.1, 0.15) is 181 Å². The number of ether oxygens (including phenoxy) is 3. The number of unbranched alkanes of at least 4 members (excludes halogenated alkanes) is 17. The van der Waals surface area contributed by atoms with Crippen molar-refractivity contribution in [3.63, 3.8) is 0 Å². The Balaban J connectivity index is 3.97. The smallest absolute Gasteiger partial charge is 0.307 e. The highest BCUT2D eigenvalue weighted by molar-refractivity contribution is 5.70. The van der Waals surface area contributed by atoms with Crippen LogP contribution in [0.15, 0.2) is 48.6 Å². The average molecular weight is 716 g/mol. The van der Waals surface area contributed by atoms with E-state index in [0.29, 0.717) is 32.6 Å². The molecular formula is C45H81NO5. The lowest BCUT2D eigenvalue weighted by molar-refractivity contribution is -0.153. The molecule has 296 valence electrons. The first kappa shape index (κ1) is 48.8. The first-order valence-corrected chi connectivity index (χ1v) is 21.2. The monoisotopic (exact) mass is 716 g/mol. The van der Waals surface area contributed by atoms with Crippen molar-refractivity contribution in [3.05, 3.63) is 48.6 Å². The minimum Gasteiger partial charge on any atom is -0.463 e. The fraction of sp³-hybridized carbons (Fsp3) is 0.778. The van der Waals surface area contributed by atoms with Crippen LogP contribution in [0, 0.1) is 0 Å². The normalized spacial score (nSPS) is 12.7. The van der Waals surface area contributed by atoms with Gasteiger partial charge in [-0.25, -0.2) is 0 Å². The fourth-order valence-electron chi connectivity index (χ4n) is 5.68. The van der Waals surface area contributed by atoms with E-state index in [0.717, 1.165) is 64.2 Å². The summed E-state index contributed by atoms with van der Waals surface area (Å²) in [7, 11) is 3.91. The molecule has 0 aromatic rings. The first-order valence-electron chi connectivity index (χ1n) is 21.2. The van der Waals surface area contributed by atoms with Crippen molar-refractivity contribution in [1.29, 1.82) is 0 Å². The van der Waals surface area contributed by atoms with Crippen LogP contribution in [0.4, 0.5) is 0 Å². The van der Waals surface area contributed by atoms with Crippen molar-refractivity contribution >= 4 is 11.9 Å². The summed E-state index contributed by atoms with van der Waals surface area (Å²) in [4.78, 5) is 26.5. The molecule has 6 nitrogen and oxygen atoms in total. The highest BCUT2D eigenvalue weighted by Gasteiger charge is 2.15. The molecule has 0 aliphatic rings. The summed E-state index contributed by atoms with van der Waals surface area (Å²) in [5.74, 6) is -0.335. The van der Waals surface area contributed by atoms with Crippen LogP contribution in [0.3, 0.4) is 0 Å². The second-order valence-electron chi connectivity index (χ2n) is 14.3. The van der Waals surface area contributed by atoms with Gasteiger partial charge in [-0.1, -0.05) is 133 Å². The van der Waals surface area contributed by atoms with Gasteiger partial charge in [-0.05, 0) is 97.6 Å². The molecule has 0 aromatic carbocycles. The summed E-state index contributed by atoms with van der Waals surface area (Å²) in [6, 6.07) is 0. The number of hydrogen-bond donors (Lipinski definition) is 0. The zero-order valence-electron chi connectivity index (χ0n) is 33.9. The Bertz CT molecular complexity index is 878. The molecule has 0 radical (unpaired) electrons. The molecule has 0 bridgehead atoms. The molecule has 1 atom stereocenters. The maximum absolute atomic E-state index is 12.4. The summed E-state index contributed by atoms with van der Waals surface area (Å²) in [6.07, 6.45) is 47.0. The average Bonchev–Trinajstić information content (AvgIpc) is 3.11. The van der Waals surface area contributed by atoms with Gasteiger partial charge in [0.05, 0.1) is 19.6 Å². The second kappa shape index (κ2) is 40.6. The van der Waals surface area contributed by atoms with Gasteiger partial charge in [-0.2, -0.15) is 0 Å². The van der Waals surface area contributed by atoms with Gasteiger partial charge in [0.1, 0.15) is 12.7 Å². The summed E-state index contributed by atoms with van der Waals surface area (Å²) in [5.41, 5.74) is 0. The van der Waals surface area contributed by atoms with Crippen molar-refractivity contribution in [2.75, 3.05) is 40.5 Å². The largest absolute Gasteiger partial charge is 0.463 e. The van der Waals surface area contributed by atoms with Crippen molar-refractivity contribution in [2.45, 2.75) is 187 Å². The third-order valence-corrected chi connectivity index (χ3v) is 8.91. The number of rotatable bonds is 38. The molecule has 0 rings (SSSR count). The maximum Gasteiger partial charge on any atom is 0.307 e. The van der Waals surface area contributed by atoms with Crippen LogP contribution < -0.4 is 0 Å². The zero-order chi connectivity index (χ0) is 37.3. The van der Waals surface area contributed by atoms with Crippen LogP contribution in [-0.2, 0) is 23.8 Å². The van der Waals surface area contributed by atoms with E-state index in [1.165, 1.54) is 89.9 Å². The molecule has 0 amide bonds. The first-order chi connectivity index (χ1) is 25.0. The molecule has 0 N–H and O–H groups in total. The molecule has 1 unspecified atom stereocenters. The SMILES string of the molecule is CCCCCC=CC/C=C\CCCCCCCC(=O)OCCOCC(CCCCCCCC/C=C\C/C=C\CCCCC)OC(=O)CCN(C)C. The van der Waals surface area contributed by atoms with E-state index in [2.05, 4.69) is 62.5 Å². The van der Waals surface area contributed by atoms with Crippen molar-refractivity contribution in [2.24, 2.45) is 0 Å². The molecule has 6 heteroatoms. The van der Waals surface area contributed by atoms with Gasteiger partial charge >= 0.3 is 11.9 Å². The van der Waals surface area contributed by atoms with Crippen LogP contribution in [0.5, 0.6) is 0 Å².